The SMILES string of the molecule is CC(C)(C)OC(=O)n1c(-c2ccc3cccc(N)c3n2)cc2c1CCC(F)=C2. The molecule has 1 aliphatic rings. The molecule has 3 aromatic rings. The first-order valence-corrected chi connectivity index (χ1v) is 9.22. The fraction of sp³-hybridized carbons (Fsp3) is 0.273. The maximum atomic E-state index is 13.8. The van der Waals surface area contributed by atoms with E-state index in [1.807, 2.05) is 45.0 Å². The first-order valence-electron chi connectivity index (χ1n) is 9.22. The van der Waals surface area contributed by atoms with Crippen molar-refractivity contribution in [3.05, 3.63) is 53.5 Å². The molecule has 5 nitrogen and oxygen atoms in total. The van der Waals surface area contributed by atoms with E-state index in [1.54, 1.807) is 12.1 Å². The van der Waals surface area contributed by atoms with Crippen molar-refractivity contribution in [2.75, 3.05) is 5.73 Å². The van der Waals surface area contributed by atoms with E-state index in [2.05, 4.69) is 4.98 Å². The molecule has 0 saturated heterocycles. The second-order valence-corrected chi connectivity index (χ2v) is 7.95. The zero-order valence-corrected chi connectivity index (χ0v) is 16.1. The third-order valence-corrected chi connectivity index (χ3v) is 4.64. The lowest BCUT2D eigenvalue weighted by Gasteiger charge is -2.22. The van der Waals surface area contributed by atoms with Gasteiger partial charge < -0.3 is 10.5 Å². The van der Waals surface area contributed by atoms with Crippen LogP contribution in [0.4, 0.5) is 14.9 Å². The second-order valence-electron chi connectivity index (χ2n) is 7.95. The molecule has 0 spiro atoms. The molecular weight excluding hydrogens is 357 g/mol. The average Bonchev–Trinajstić information content (AvgIpc) is 2.99. The van der Waals surface area contributed by atoms with E-state index >= 15 is 0 Å². The molecule has 2 heterocycles. The van der Waals surface area contributed by atoms with Crippen molar-refractivity contribution in [3.63, 3.8) is 0 Å². The number of fused-ring (bicyclic) bond motifs is 2. The summed E-state index contributed by atoms with van der Waals surface area (Å²) in [5.74, 6) is -0.198. The first-order chi connectivity index (χ1) is 13.2. The fourth-order valence-corrected chi connectivity index (χ4v) is 3.45. The van der Waals surface area contributed by atoms with Gasteiger partial charge in [-0.05, 0) is 57.0 Å². The number of ether oxygens (including phenoxy) is 1. The maximum absolute atomic E-state index is 13.8. The third kappa shape index (κ3) is 3.26. The van der Waals surface area contributed by atoms with Gasteiger partial charge in [-0.25, -0.2) is 18.7 Å². The minimum Gasteiger partial charge on any atom is -0.443 e. The molecule has 4 rings (SSSR count). The molecule has 0 radical (unpaired) electrons. The number of carbonyl (C=O) groups is 1. The molecule has 0 atom stereocenters. The number of anilines is 1. The summed E-state index contributed by atoms with van der Waals surface area (Å²) in [5, 5.41) is 0.912. The molecule has 0 bridgehead atoms. The Hall–Kier alpha value is -3.15. The molecule has 0 amide bonds. The van der Waals surface area contributed by atoms with Crippen molar-refractivity contribution >= 4 is 28.8 Å². The largest absolute Gasteiger partial charge is 0.443 e. The van der Waals surface area contributed by atoms with Gasteiger partial charge in [0.05, 0.1) is 22.6 Å². The van der Waals surface area contributed by atoms with Crippen LogP contribution in [-0.4, -0.2) is 21.2 Å². The van der Waals surface area contributed by atoms with Crippen LogP contribution in [0, 0.1) is 0 Å². The standard InChI is InChI=1S/C22H22FN3O2/c1-22(2,3)28-21(27)26-18-10-8-15(23)11-14(18)12-19(26)17-9-7-13-5-4-6-16(24)20(13)25-17/h4-7,9,11-12H,8,10,24H2,1-3H3. The topological polar surface area (TPSA) is 70.1 Å². The number of nitrogens with two attached hydrogens (primary N) is 1. The van der Waals surface area contributed by atoms with Crippen molar-refractivity contribution < 1.29 is 13.9 Å². The molecule has 0 unspecified atom stereocenters. The Morgan fingerprint density at radius 3 is 2.75 bits per heavy atom. The number of benzene rings is 1. The van der Waals surface area contributed by atoms with Gasteiger partial charge in [-0.1, -0.05) is 18.2 Å². The van der Waals surface area contributed by atoms with Gasteiger partial charge in [0.1, 0.15) is 11.4 Å². The van der Waals surface area contributed by atoms with Crippen molar-refractivity contribution in [1.82, 2.24) is 9.55 Å². The highest BCUT2D eigenvalue weighted by molar-refractivity contribution is 5.91. The maximum Gasteiger partial charge on any atom is 0.419 e. The number of aromatic nitrogens is 2. The van der Waals surface area contributed by atoms with Gasteiger partial charge in [0.2, 0.25) is 0 Å². The molecule has 2 N–H and O–H groups in total. The molecule has 144 valence electrons. The number of allylic oxidation sites excluding steroid dienone is 1. The number of hydrogen-bond acceptors (Lipinski definition) is 4. The van der Waals surface area contributed by atoms with E-state index < -0.39 is 11.7 Å². The van der Waals surface area contributed by atoms with Gasteiger partial charge in [0, 0.05) is 17.5 Å². The van der Waals surface area contributed by atoms with Crippen LogP contribution in [0.2, 0.25) is 0 Å². The smallest absolute Gasteiger partial charge is 0.419 e. The predicted octanol–water partition coefficient (Wildman–Crippen LogP) is 5.33. The Morgan fingerprint density at radius 2 is 2.00 bits per heavy atom. The molecule has 1 aromatic carbocycles. The number of rotatable bonds is 1. The number of para-hydroxylation sites is 1. The van der Waals surface area contributed by atoms with Gasteiger partial charge in [-0.3, -0.25) is 0 Å². The minimum absolute atomic E-state index is 0.198. The molecule has 0 aliphatic heterocycles. The van der Waals surface area contributed by atoms with Crippen LogP contribution < -0.4 is 5.73 Å². The molecule has 28 heavy (non-hydrogen) atoms. The molecular formula is C22H22FN3O2. The molecule has 6 heteroatoms. The highest BCUT2D eigenvalue weighted by Gasteiger charge is 2.27. The summed E-state index contributed by atoms with van der Waals surface area (Å²) in [4.78, 5) is 17.7. The van der Waals surface area contributed by atoms with Gasteiger partial charge in [-0.15, -0.1) is 0 Å². The monoisotopic (exact) mass is 379 g/mol. The van der Waals surface area contributed by atoms with Crippen LogP contribution in [-0.2, 0) is 11.2 Å². The number of nitrogen functional groups attached to an aromatic ring is 1. The Kier molecular flexibility index (Phi) is 4.22. The highest BCUT2D eigenvalue weighted by Crippen LogP contribution is 2.34. The summed E-state index contributed by atoms with van der Waals surface area (Å²) in [5.41, 5.74) is 9.21. The van der Waals surface area contributed by atoms with Crippen LogP contribution in [0.5, 0.6) is 0 Å². The Balaban J connectivity index is 1.92. The predicted molar refractivity (Wildman–Crippen MR) is 109 cm³/mol. The van der Waals surface area contributed by atoms with Gasteiger partial charge in [-0.2, -0.15) is 0 Å². The van der Waals surface area contributed by atoms with Crippen LogP contribution in [0.1, 0.15) is 38.4 Å². The zero-order valence-electron chi connectivity index (χ0n) is 16.1. The summed E-state index contributed by atoms with van der Waals surface area (Å²) >= 11 is 0. The van der Waals surface area contributed by atoms with Gasteiger partial charge in [0.25, 0.3) is 0 Å². The van der Waals surface area contributed by atoms with E-state index in [0.29, 0.717) is 34.6 Å². The average molecular weight is 379 g/mol. The van der Waals surface area contributed by atoms with Crippen LogP contribution in [0.15, 0.2) is 42.2 Å². The summed E-state index contributed by atoms with van der Waals surface area (Å²) < 4.78 is 21.0. The van der Waals surface area contributed by atoms with Crippen LogP contribution >= 0.6 is 0 Å². The highest BCUT2D eigenvalue weighted by atomic mass is 19.1. The molecule has 2 aromatic heterocycles. The van der Waals surface area contributed by atoms with Crippen molar-refractivity contribution in [2.45, 2.75) is 39.2 Å². The second kappa shape index (κ2) is 6.48. The Bertz CT molecular complexity index is 1120. The van der Waals surface area contributed by atoms with E-state index in [9.17, 15) is 9.18 Å². The summed E-state index contributed by atoms with van der Waals surface area (Å²) in [6.07, 6.45) is 1.66. The van der Waals surface area contributed by atoms with E-state index in [1.165, 1.54) is 10.6 Å². The number of carbonyl (C=O) groups excluding carboxylic acids is 1. The van der Waals surface area contributed by atoms with Gasteiger partial charge in [0.15, 0.2) is 0 Å². The quantitative estimate of drug-likeness (QED) is 0.581. The Morgan fingerprint density at radius 1 is 1.21 bits per heavy atom. The summed E-state index contributed by atoms with van der Waals surface area (Å²) in [6, 6.07) is 11.1. The lowest BCUT2D eigenvalue weighted by molar-refractivity contribution is 0.0535. The first kappa shape index (κ1) is 18.2. The van der Waals surface area contributed by atoms with E-state index in [0.717, 1.165) is 11.1 Å². The number of halogens is 1. The lowest BCUT2D eigenvalue weighted by atomic mass is 10.0. The number of hydrogen-bond donors (Lipinski definition) is 1. The molecule has 0 saturated carbocycles. The van der Waals surface area contributed by atoms with Crippen molar-refractivity contribution in [2.24, 2.45) is 0 Å². The Labute approximate surface area is 162 Å². The van der Waals surface area contributed by atoms with Crippen molar-refractivity contribution in [1.29, 1.82) is 0 Å². The number of nitrogens with zero attached hydrogens (tertiary/aromatic N) is 2. The van der Waals surface area contributed by atoms with E-state index in [-0.39, 0.29) is 12.2 Å². The summed E-state index contributed by atoms with van der Waals surface area (Å²) in [7, 11) is 0. The molecule has 0 fully saturated rings. The van der Waals surface area contributed by atoms with Crippen LogP contribution in [0.3, 0.4) is 0 Å². The molecule has 1 aliphatic carbocycles. The van der Waals surface area contributed by atoms with E-state index in [4.69, 9.17) is 10.5 Å². The minimum atomic E-state index is -0.650. The zero-order chi connectivity index (χ0) is 20.1. The normalized spacial score (nSPS) is 13.9. The summed E-state index contributed by atoms with van der Waals surface area (Å²) in [6.45, 7) is 5.44. The lowest BCUT2D eigenvalue weighted by Crippen LogP contribution is -2.28. The number of pyridine rings is 1. The van der Waals surface area contributed by atoms with Crippen LogP contribution in [0.25, 0.3) is 28.4 Å². The van der Waals surface area contributed by atoms with Gasteiger partial charge >= 0.3 is 6.09 Å². The fourth-order valence-electron chi connectivity index (χ4n) is 3.45. The third-order valence-electron chi connectivity index (χ3n) is 4.64. The van der Waals surface area contributed by atoms with Crippen molar-refractivity contribution in [3.8, 4) is 11.4 Å².